The lowest BCUT2D eigenvalue weighted by atomic mass is 9.98. The van der Waals surface area contributed by atoms with Gasteiger partial charge in [-0.2, -0.15) is 0 Å². The Morgan fingerprint density at radius 1 is 1.45 bits per heavy atom. The van der Waals surface area contributed by atoms with E-state index in [4.69, 9.17) is 5.11 Å². The Labute approximate surface area is 69.1 Å². The topological polar surface area (TPSA) is 20.2 Å². The summed E-state index contributed by atoms with van der Waals surface area (Å²) in [7, 11) is 0. The quantitative estimate of drug-likeness (QED) is 0.605. The first-order valence-corrected chi connectivity index (χ1v) is 4.44. The van der Waals surface area contributed by atoms with Gasteiger partial charge in [-0.25, -0.2) is 0 Å². The van der Waals surface area contributed by atoms with E-state index in [1.165, 1.54) is 5.57 Å². The fraction of sp³-hybridized carbons (Fsp3) is 0.800. The first kappa shape index (κ1) is 8.79. The van der Waals surface area contributed by atoms with Crippen molar-refractivity contribution in [1.82, 2.24) is 0 Å². The van der Waals surface area contributed by atoms with E-state index in [1.807, 2.05) is 0 Å². The molecule has 0 fully saturated rings. The van der Waals surface area contributed by atoms with E-state index in [9.17, 15) is 0 Å². The van der Waals surface area contributed by atoms with Crippen molar-refractivity contribution in [3.8, 4) is 0 Å². The van der Waals surface area contributed by atoms with Gasteiger partial charge in [0.2, 0.25) is 0 Å². The van der Waals surface area contributed by atoms with Crippen molar-refractivity contribution in [3.63, 3.8) is 0 Å². The Kier molecular flexibility index (Phi) is 2.72. The number of rotatable bonds is 2. The van der Waals surface area contributed by atoms with Crippen molar-refractivity contribution in [1.29, 1.82) is 0 Å². The number of allylic oxidation sites excluding steroid dienone is 2. The van der Waals surface area contributed by atoms with Crippen molar-refractivity contribution >= 4 is 0 Å². The van der Waals surface area contributed by atoms with Crippen LogP contribution in [0.2, 0.25) is 0 Å². The fourth-order valence-corrected chi connectivity index (χ4v) is 1.98. The van der Waals surface area contributed by atoms with Gasteiger partial charge in [0.05, 0.1) is 0 Å². The van der Waals surface area contributed by atoms with Crippen LogP contribution in [0.15, 0.2) is 11.1 Å². The Hall–Kier alpha value is -0.300. The zero-order chi connectivity index (χ0) is 8.43. The summed E-state index contributed by atoms with van der Waals surface area (Å²) in [5.74, 6) is 1.19. The van der Waals surface area contributed by atoms with Crippen LogP contribution in [0.5, 0.6) is 0 Å². The molecular weight excluding hydrogens is 136 g/mol. The van der Waals surface area contributed by atoms with E-state index < -0.39 is 0 Å². The molecule has 0 heterocycles. The van der Waals surface area contributed by atoms with E-state index >= 15 is 0 Å². The van der Waals surface area contributed by atoms with Crippen LogP contribution in [0.1, 0.15) is 33.6 Å². The lowest BCUT2D eigenvalue weighted by molar-refractivity contribution is 0.230. The van der Waals surface area contributed by atoms with Gasteiger partial charge in [-0.3, -0.25) is 0 Å². The molecule has 1 N–H and O–H groups in total. The molecule has 0 saturated heterocycles. The number of aliphatic hydroxyl groups excluding tert-OH is 1. The minimum atomic E-state index is 0.355. The van der Waals surface area contributed by atoms with E-state index in [-0.39, 0.29) is 0 Å². The molecule has 1 unspecified atom stereocenters. The van der Waals surface area contributed by atoms with Crippen LogP contribution in [-0.2, 0) is 0 Å². The molecule has 0 saturated carbocycles. The highest BCUT2D eigenvalue weighted by Crippen LogP contribution is 2.34. The predicted molar refractivity (Wildman–Crippen MR) is 47.3 cm³/mol. The predicted octanol–water partition coefficient (Wildman–Crippen LogP) is 2.36. The molecule has 64 valence electrons. The third-order valence-electron chi connectivity index (χ3n) is 2.61. The molecule has 0 aromatic heterocycles. The van der Waals surface area contributed by atoms with Gasteiger partial charge < -0.3 is 5.11 Å². The SMILES string of the molecule is CC1=C(C(C)C)CC(CO)C1. The third-order valence-corrected chi connectivity index (χ3v) is 2.61. The lowest BCUT2D eigenvalue weighted by Crippen LogP contribution is -2.01. The van der Waals surface area contributed by atoms with Crippen LogP contribution < -0.4 is 0 Å². The van der Waals surface area contributed by atoms with E-state index in [2.05, 4.69) is 20.8 Å². The van der Waals surface area contributed by atoms with Crippen LogP contribution in [-0.4, -0.2) is 11.7 Å². The van der Waals surface area contributed by atoms with Gasteiger partial charge in [0.1, 0.15) is 0 Å². The summed E-state index contributed by atoms with van der Waals surface area (Å²) in [4.78, 5) is 0. The van der Waals surface area contributed by atoms with E-state index in [1.54, 1.807) is 5.57 Å². The van der Waals surface area contributed by atoms with Gasteiger partial charge in [0, 0.05) is 6.61 Å². The summed E-state index contributed by atoms with van der Waals surface area (Å²) in [5.41, 5.74) is 3.09. The molecule has 0 spiro atoms. The molecule has 1 rings (SSSR count). The van der Waals surface area contributed by atoms with Crippen LogP contribution >= 0.6 is 0 Å². The maximum Gasteiger partial charge on any atom is 0.0465 e. The Morgan fingerprint density at radius 3 is 2.36 bits per heavy atom. The molecule has 1 nitrogen and oxygen atoms in total. The van der Waals surface area contributed by atoms with Gasteiger partial charge in [-0.15, -0.1) is 0 Å². The maximum atomic E-state index is 8.96. The first-order chi connectivity index (χ1) is 5.15. The van der Waals surface area contributed by atoms with Crippen molar-refractivity contribution in [2.75, 3.05) is 6.61 Å². The van der Waals surface area contributed by atoms with Crippen LogP contribution in [0.4, 0.5) is 0 Å². The second kappa shape index (κ2) is 3.40. The number of hydrogen-bond donors (Lipinski definition) is 1. The molecule has 0 bridgehead atoms. The Bertz CT molecular complexity index is 168. The van der Waals surface area contributed by atoms with Crippen molar-refractivity contribution in [2.45, 2.75) is 33.6 Å². The van der Waals surface area contributed by atoms with Crippen molar-refractivity contribution < 1.29 is 5.11 Å². The second-order valence-electron chi connectivity index (χ2n) is 3.92. The molecule has 0 amide bonds. The average Bonchev–Trinajstić information content (AvgIpc) is 2.30. The van der Waals surface area contributed by atoms with E-state index in [0.29, 0.717) is 18.4 Å². The molecule has 1 aliphatic rings. The molecule has 0 aliphatic heterocycles. The van der Waals surface area contributed by atoms with Gasteiger partial charge in [-0.1, -0.05) is 25.0 Å². The fourth-order valence-electron chi connectivity index (χ4n) is 1.98. The monoisotopic (exact) mass is 154 g/mol. The Balaban J connectivity index is 2.59. The zero-order valence-corrected chi connectivity index (χ0v) is 7.72. The second-order valence-corrected chi connectivity index (χ2v) is 3.92. The molecular formula is C10H18O. The highest BCUT2D eigenvalue weighted by molar-refractivity contribution is 5.20. The number of aliphatic hydroxyl groups is 1. The summed E-state index contributed by atoms with van der Waals surface area (Å²) >= 11 is 0. The smallest absolute Gasteiger partial charge is 0.0465 e. The summed E-state index contributed by atoms with van der Waals surface area (Å²) in [6, 6.07) is 0. The molecule has 0 aromatic rings. The van der Waals surface area contributed by atoms with Crippen LogP contribution in [0.25, 0.3) is 0 Å². The third kappa shape index (κ3) is 1.84. The molecule has 0 radical (unpaired) electrons. The van der Waals surface area contributed by atoms with Gasteiger partial charge in [0.25, 0.3) is 0 Å². The first-order valence-electron chi connectivity index (χ1n) is 4.44. The average molecular weight is 154 g/mol. The van der Waals surface area contributed by atoms with Gasteiger partial charge in [-0.05, 0) is 31.6 Å². The highest BCUT2D eigenvalue weighted by atomic mass is 16.3. The van der Waals surface area contributed by atoms with Crippen molar-refractivity contribution in [3.05, 3.63) is 11.1 Å². The molecule has 1 aliphatic carbocycles. The number of hydrogen-bond acceptors (Lipinski definition) is 1. The molecule has 1 atom stereocenters. The highest BCUT2D eigenvalue weighted by Gasteiger charge is 2.22. The summed E-state index contributed by atoms with van der Waals surface area (Å²) in [6.45, 7) is 7.02. The minimum absolute atomic E-state index is 0.355. The van der Waals surface area contributed by atoms with Crippen molar-refractivity contribution in [2.24, 2.45) is 11.8 Å². The lowest BCUT2D eigenvalue weighted by Gasteiger charge is -2.08. The van der Waals surface area contributed by atoms with Gasteiger partial charge in [0.15, 0.2) is 0 Å². The van der Waals surface area contributed by atoms with Crippen LogP contribution in [0.3, 0.4) is 0 Å². The minimum Gasteiger partial charge on any atom is -0.396 e. The standard InChI is InChI=1S/C10H18O/c1-7(2)10-5-9(6-11)4-8(10)3/h7,9,11H,4-6H2,1-3H3. The summed E-state index contributed by atoms with van der Waals surface area (Å²) < 4.78 is 0. The molecule has 0 aromatic carbocycles. The largest absolute Gasteiger partial charge is 0.396 e. The maximum absolute atomic E-state index is 8.96. The summed E-state index contributed by atoms with van der Waals surface area (Å²) in [6.07, 6.45) is 2.24. The zero-order valence-electron chi connectivity index (χ0n) is 7.72. The van der Waals surface area contributed by atoms with E-state index in [0.717, 1.165) is 12.8 Å². The van der Waals surface area contributed by atoms with Gasteiger partial charge >= 0.3 is 0 Å². The van der Waals surface area contributed by atoms with Crippen LogP contribution in [0, 0.1) is 11.8 Å². The molecule has 11 heavy (non-hydrogen) atoms. The normalized spacial score (nSPS) is 25.4. The molecule has 1 heteroatoms. The Morgan fingerprint density at radius 2 is 2.09 bits per heavy atom. The summed E-state index contributed by atoms with van der Waals surface area (Å²) in [5, 5.41) is 8.96.